The predicted molar refractivity (Wildman–Crippen MR) is 61.4 cm³/mol. The molecule has 0 fully saturated rings. The van der Waals surface area contributed by atoms with Gasteiger partial charge in [-0.25, -0.2) is 0 Å². The Morgan fingerprint density at radius 3 is 2.55 bits per heavy atom. The third-order valence-corrected chi connectivity index (χ3v) is 3.44. The van der Waals surface area contributed by atoms with Gasteiger partial charge in [0, 0.05) is 6.54 Å². The van der Waals surface area contributed by atoms with E-state index in [-0.39, 0.29) is 0 Å². The minimum absolute atomic E-state index is 0.342. The molecule has 1 aromatic rings. The van der Waals surface area contributed by atoms with Crippen LogP contribution in [0.3, 0.4) is 0 Å². The normalized spacial score (nSPS) is 10.1. The average molecular weight is 375 g/mol. The fraction of sp³-hybridized carbons (Fsp3) is 0.143. The smallest absolute Gasteiger partial charge is 0.142 e. The van der Waals surface area contributed by atoms with Crippen LogP contribution in [-0.4, -0.2) is 5.11 Å². The van der Waals surface area contributed by atoms with Crippen LogP contribution in [0.1, 0.15) is 5.56 Å². The Hall–Kier alpha value is 0.440. The van der Waals surface area contributed by atoms with E-state index in [1.165, 1.54) is 0 Å². The summed E-state index contributed by atoms with van der Waals surface area (Å²) < 4.78 is 1.72. The molecular formula is C7H7I2NO. The number of halogens is 2. The van der Waals surface area contributed by atoms with E-state index in [4.69, 9.17) is 5.73 Å². The standard InChI is InChI=1S/C7H7I2NO/c8-5-2-1-4(3-10)6(9)7(5)11/h1-2,11H,3,10H2. The first-order valence-corrected chi connectivity index (χ1v) is 5.18. The van der Waals surface area contributed by atoms with Crippen molar-refractivity contribution in [2.24, 2.45) is 5.73 Å². The van der Waals surface area contributed by atoms with E-state index in [0.717, 1.165) is 12.7 Å². The van der Waals surface area contributed by atoms with Gasteiger partial charge in [-0.2, -0.15) is 0 Å². The van der Waals surface area contributed by atoms with Gasteiger partial charge in [-0.1, -0.05) is 6.07 Å². The molecule has 0 amide bonds. The van der Waals surface area contributed by atoms with Crippen molar-refractivity contribution in [3.63, 3.8) is 0 Å². The molecule has 1 rings (SSSR count). The molecule has 0 unspecified atom stereocenters. The number of hydrogen-bond donors (Lipinski definition) is 2. The van der Waals surface area contributed by atoms with Crippen LogP contribution in [0.15, 0.2) is 12.1 Å². The summed E-state index contributed by atoms with van der Waals surface area (Å²) in [5, 5.41) is 9.45. The van der Waals surface area contributed by atoms with Crippen LogP contribution in [0.4, 0.5) is 0 Å². The Kier molecular flexibility index (Phi) is 3.38. The molecule has 0 bridgehead atoms. The lowest BCUT2D eigenvalue weighted by molar-refractivity contribution is 0.466. The zero-order chi connectivity index (χ0) is 8.43. The molecule has 0 heterocycles. The first-order valence-electron chi connectivity index (χ1n) is 3.02. The van der Waals surface area contributed by atoms with Crippen molar-refractivity contribution in [2.45, 2.75) is 6.54 Å². The Balaban J connectivity index is 3.25. The summed E-state index contributed by atoms with van der Waals surface area (Å²) in [6.45, 7) is 0.475. The number of phenolic OH excluding ortho intramolecular Hbond substituents is 1. The largest absolute Gasteiger partial charge is 0.506 e. The van der Waals surface area contributed by atoms with E-state index in [0.29, 0.717) is 12.3 Å². The Bertz CT molecular complexity index is 275. The molecule has 1 aromatic carbocycles. The van der Waals surface area contributed by atoms with Gasteiger partial charge in [0.1, 0.15) is 5.75 Å². The first kappa shape index (κ1) is 9.53. The number of nitrogens with two attached hydrogens (primary N) is 1. The van der Waals surface area contributed by atoms with Crippen molar-refractivity contribution in [1.29, 1.82) is 0 Å². The number of rotatable bonds is 1. The number of hydrogen-bond acceptors (Lipinski definition) is 2. The van der Waals surface area contributed by atoms with Crippen molar-refractivity contribution >= 4 is 45.2 Å². The van der Waals surface area contributed by atoms with Crippen LogP contribution in [0.25, 0.3) is 0 Å². The van der Waals surface area contributed by atoms with Crippen molar-refractivity contribution in [1.82, 2.24) is 0 Å². The number of benzene rings is 1. The molecule has 0 aliphatic rings. The number of aromatic hydroxyl groups is 1. The van der Waals surface area contributed by atoms with Crippen molar-refractivity contribution in [3.05, 3.63) is 24.8 Å². The fourth-order valence-electron chi connectivity index (χ4n) is 0.740. The van der Waals surface area contributed by atoms with E-state index in [1.807, 2.05) is 12.1 Å². The summed E-state index contributed by atoms with van der Waals surface area (Å²) in [5.74, 6) is 0.342. The molecule has 0 aliphatic carbocycles. The van der Waals surface area contributed by atoms with Crippen molar-refractivity contribution in [3.8, 4) is 5.75 Å². The van der Waals surface area contributed by atoms with E-state index in [9.17, 15) is 5.11 Å². The number of phenols is 1. The molecule has 0 aliphatic heterocycles. The van der Waals surface area contributed by atoms with Gasteiger partial charge in [0.25, 0.3) is 0 Å². The molecule has 11 heavy (non-hydrogen) atoms. The molecule has 60 valence electrons. The van der Waals surface area contributed by atoms with Gasteiger partial charge in [0.05, 0.1) is 7.14 Å². The summed E-state index contributed by atoms with van der Waals surface area (Å²) in [5.41, 5.74) is 6.44. The summed E-state index contributed by atoms with van der Waals surface area (Å²) in [6, 6.07) is 3.80. The second kappa shape index (κ2) is 3.90. The summed E-state index contributed by atoms with van der Waals surface area (Å²) >= 11 is 4.18. The topological polar surface area (TPSA) is 46.2 Å². The van der Waals surface area contributed by atoms with E-state index in [2.05, 4.69) is 45.2 Å². The SMILES string of the molecule is NCc1ccc(I)c(O)c1I. The van der Waals surface area contributed by atoms with Gasteiger partial charge in [0.15, 0.2) is 0 Å². The molecule has 3 N–H and O–H groups in total. The van der Waals surface area contributed by atoms with Crippen LogP contribution in [0.2, 0.25) is 0 Å². The molecule has 0 saturated carbocycles. The summed E-state index contributed by atoms with van der Waals surface area (Å²) in [6.07, 6.45) is 0. The average Bonchev–Trinajstić information content (AvgIpc) is 2.01. The monoisotopic (exact) mass is 375 g/mol. The van der Waals surface area contributed by atoms with E-state index in [1.54, 1.807) is 0 Å². The fourth-order valence-corrected chi connectivity index (χ4v) is 2.40. The van der Waals surface area contributed by atoms with E-state index >= 15 is 0 Å². The second-order valence-electron chi connectivity index (χ2n) is 2.07. The molecule has 0 aromatic heterocycles. The Labute approximate surface area is 92.5 Å². The third-order valence-electron chi connectivity index (χ3n) is 1.37. The molecule has 0 atom stereocenters. The predicted octanol–water partition coefficient (Wildman–Crippen LogP) is 2.06. The van der Waals surface area contributed by atoms with Crippen LogP contribution < -0.4 is 5.73 Å². The lowest BCUT2D eigenvalue weighted by Gasteiger charge is -2.04. The lowest BCUT2D eigenvalue weighted by Crippen LogP contribution is -1.99. The maximum absolute atomic E-state index is 9.45. The first-order chi connectivity index (χ1) is 5.16. The van der Waals surface area contributed by atoms with Crippen molar-refractivity contribution < 1.29 is 5.11 Å². The zero-order valence-corrected chi connectivity index (χ0v) is 9.96. The van der Waals surface area contributed by atoms with E-state index < -0.39 is 0 Å². The summed E-state index contributed by atoms with van der Waals surface area (Å²) in [7, 11) is 0. The van der Waals surface area contributed by atoms with Gasteiger partial charge in [-0.3, -0.25) is 0 Å². The second-order valence-corrected chi connectivity index (χ2v) is 4.31. The minimum Gasteiger partial charge on any atom is -0.506 e. The van der Waals surface area contributed by atoms with Crippen LogP contribution in [-0.2, 0) is 6.54 Å². The molecule has 0 radical (unpaired) electrons. The van der Waals surface area contributed by atoms with Crippen molar-refractivity contribution in [2.75, 3.05) is 0 Å². The zero-order valence-electron chi connectivity index (χ0n) is 5.64. The van der Waals surface area contributed by atoms with Gasteiger partial charge in [0.2, 0.25) is 0 Å². The van der Waals surface area contributed by atoms with Gasteiger partial charge in [-0.05, 0) is 56.8 Å². The maximum atomic E-state index is 9.45. The molecule has 2 nitrogen and oxygen atoms in total. The van der Waals surface area contributed by atoms with Gasteiger partial charge >= 0.3 is 0 Å². The van der Waals surface area contributed by atoms with Crippen LogP contribution >= 0.6 is 45.2 Å². The summed E-state index contributed by atoms with van der Waals surface area (Å²) in [4.78, 5) is 0. The minimum atomic E-state index is 0.342. The highest BCUT2D eigenvalue weighted by atomic mass is 127. The Morgan fingerprint density at radius 1 is 1.36 bits per heavy atom. The highest BCUT2D eigenvalue weighted by Gasteiger charge is 2.05. The Morgan fingerprint density at radius 2 is 2.00 bits per heavy atom. The third kappa shape index (κ3) is 1.97. The molecule has 0 saturated heterocycles. The highest BCUT2D eigenvalue weighted by molar-refractivity contribution is 14.1. The van der Waals surface area contributed by atoms with Gasteiger partial charge in [-0.15, -0.1) is 0 Å². The van der Waals surface area contributed by atoms with Crippen LogP contribution in [0.5, 0.6) is 5.75 Å². The molecule has 0 spiro atoms. The van der Waals surface area contributed by atoms with Gasteiger partial charge < -0.3 is 10.8 Å². The van der Waals surface area contributed by atoms with Crippen LogP contribution in [0, 0.1) is 7.14 Å². The quantitative estimate of drug-likeness (QED) is 0.739. The highest BCUT2D eigenvalue weighted by Crippen LogP contribution is 2.28. The molecular weight excluding hydrogens is 368 g/mol. The maximum Gasteiger partial charge on any atom is 0.142 e. The molecule has 4 heteroatoms. The lowest BCUT2D eigenvalue weighted by atomic mass is 10.2.